The lowest BCUT2D eigenvalue weighted by molar-refractivity contribution is 0.227. The molecule has 0 spiro atoms. The Kier molecular flexibility index (Phi) is 4.80. The van der Waals surface area contributed by atoms with Crippen LogP contribution in [0.5, 0.6) is 0 Å². The van der Waals surface area contributed by atoms with Crippen LogP contribution in [0.1, 0.15) is 44.2 Å². The van der Waals surface area contributed by atoms with Crippen LogP contribution in [0.4, 0.5) is 0 Å². The number of nitrogens with one attached hydrogen (secondary N) is 1. The van der Waals surface area contributed by atoms with Gasteiger partial charge in [0.2, 0.25) is 0 Å². The number of hydrogen-bond donors (Lipinski definition) is 3. The fourth-order valence-corrected chi connectivity index (χ4v) is 2.60. The minimum Gasteiger partial charge on any atom is -0.409 e. The molecule has 1 saturated carbocycles. The summed E-state index contributed by atoms with van der Waals surface area (Å²) in [5.41, 5.74) is 6.85. The fraction of sp³-hybridized carbons (Fsp3) is 0.533. The fourth-order valence-electron chi connectivity index (χ4n) is 2.60. The molecular weight excluding hydrogens is 238 g/mol. The Bertz CT molecular complexity index is 415. The van der Waals surface area contributed by atoms with Gasteiger partial charge in [-0.25, -0.2) is 0 Å². The molecule has 0 saturated heterocycles. The molecule has 104 valence electrons. The van der Waals surface area contributed by atoms with Crippen molar-refractivity contribution in [3.63, 3.8) is 0 Å². The van der Waals surface area contributed by atoms with Gasteiger partial charge in [-0.1, -0.05) is 41.9 Å². The third-order valence-electron chi connectivity index (χ3n) is 4.06. The Balaban J connectivity index is 2.05. The Morgan fingerprint density at radius 1 is 1.42 bits per heavy atom. The van der Waals surface area contributed by atoms with Gasteiger partial charge in [0.25, 0.3) is 0 Å². The number of rotatable bonds is 6. The largest absolute Gasteiger partial charge is 0.409 e. The summed E-state index contributed by atoms with van der Waals surface area (Å²) in [4.78, 5) is 0. The van der Waals surface area contributed by atoms with Gasteiger partial charge in [-0.15, -0.1) is 0 Å². The maximum Gasteiger partial charge on any atom is 0.141 e. The van der Waals surface area contributed by atoms with Gasteiger partial charge < -0.3 is 16.3 Å². The first kappa shape index (κ1) is 13.9. The predicted molar refractivity (Wildman–Crippen MR) is 77.1 cm³/mol. The van der Waals surface area contributed by atoms with Crippen molar-refractivity contribution >= 4 is 5.84 Å². The molecule has 19 heavy (non-hydrogen) atoms. The zero-order valence-electron chi connectivity index (χ0n) is 11.4. The summed E-state index contributed by atoms with van der Waals surface area (Å²) in [5, 5.41) is 15.5. The van der Waals surface area contributed by atoms with Crippen molar-refractivity contribution in [1.29, 1.82) is 0 Å². The lowest BCUT2D eigenvalue weighted by atomic mass is 9.80. The lowest BCUT2D eigenvalue weighted by Crippen LogP contribution is -2.40. The van der Waals surface area contributed by atoms with Crippen LogP contribution >= 0.6 is 0 Å². The first-order valence-corrected chi connectivity index (χ1v) is 6.98. The lowest BCUT2D eigenvalue weighted by Gasteiger charge is -2.34. The second-order valence-corrected chi connectivity index (χ2v) is 5.41. The molecule has 0 amide bonds. The first-order chi connectivity index (χ1) is 9.20. The molecule has 0 bridgehead atoms. The standard InChI is InChI=1S/C15H23N3O/c1-11(12-8-5-9-12)17-14(10-15(16)18-19)13-6-3-2-4-7-13/h2-4,6-7,11-12,14,17,19H,5,8-10H2,1H3,(H2,16,18). The highest BCUT2D eigenvalue weighted by Gasteiger charge is 2.26. The van der Waals surface area contributed by atoms with Gasteiger partial charge >= 0.3 is 0 Å². The van der Waals surface area contributed by atoms with Gasteiger partial charge in [-0.2, -0.15) is 0 Å². The highest BCUT2D eigenvalue weighted by Crippen LogP contribution is 2.31. The van der Waals surface area contributed by atoms with Crippen LogP contribution in [0.25, 0.3) is 0 Å². The average molecular weight is 261 g/mol. The zero-order valence-corrected chi connectivity index (χ0v) is 11.4. The predicted octanol–water partition coefficient (Wildman–Crippen LogP) is 2.64. The van der Waals surface area contributed by atoms with Crippen molar-refractivity contribution in [2.24, 2.45) is 16.8 Å². The zero-order chi connectivity index (χ0) is 13.7. The first-order valence-electron chi connectivity index (χ1n) is 6.98. The molecule has 1 aromatic rings. The number of nitrogens with two attached hydrogens (primary N) is 1. The van der Waals surface area contributed by atoms with Gasteiger partial charge in [-0.05, 0) is 31.2 Å². The van der Waals surface area contributed by atoms with E-state index in [1.54, 1.807) is 0 Å². The van der Waals surface area contributed by atoms with Crippen LogP contribution in [-0.2, 0) is 0 Å². The SMILES string of the molecule is CC(NC(C/C(N)=N/O)c1ccccc1)C1CCC1. The Morgan fingerprint density at radius 3 is 2.63 bits per heavy atom. The van der Waals surface area contributed by atoms with E-state index < -0.39 is 0 Å². The molecule has 1 aliphatic carbocycles. The number of benzene rings is 1. The van der Waals surface area contributed by atoms with Crippen molar-refractivity contribution in [3.05, 3.63) is 35.9 Å². The summed E-state index contributed by atoms with van der Waals surface area (Å²) >= 11 is 0. The molecule has 0 aromatic heterocycles. The summed E-state index contributed by atoms with van der Waals surface area (Å²) < 4.78 is 0. The second kappa shape index (κ2) is 6.57. The highest BCUT2D eigenvalue weighted by molar-refractivity contribution is 5.80. The van der Waals surface area contributed by atoms with E-state index in [2.05, 4.69) is 29.5 Å². The van der Waals surface area contributed by atoms with E-state index in [4.69, 9.17) is 10.9 Å². The van der Waals surface area contributed by atoms with Gasteiger partial charge in [0, 0.05) is 18.5 Å². The quantitative estimate of drug-likeness (QED) is 0.319. The molecule has 2 rings (SSSR count). The smallest absolute Gasteiger partial charge is 0.141 e. The molecule has 1 aromatic carbocycles. The Morgan fingerprint density at radius 2 is 2.11 bits per heavy atom. The summed E-state index contributed by atoms with van der Waals surface area (Å²) in [5.74, 6) is 1.03. The van der Waals surface area contributed by atoms with E-state index in [1.165, 1.54) is 24.8 Å². The van der Waals surface area contributed by atoms with Gasteiger partial charge in [0.1, 0.15) is 5.84 Å². The molecule has 2 unspecified atom stereocenters. The molecule has 4 N–H and O–H groups in total. The normalized spacial score (nSPS) is 19.7. The molecule has 0 radical (unpaired) electrons. The Hall–Kier alpha value is -1.55. The molecule has 1 aliphatic rings. The minimum atomic E-state index is 0.104. The summed E-state index contributed by atoms with van der Waals surface area (Å²) in [6.45, 7) is 2.23. The summed E-state index contributed by atoms with van der Waals surface area (Å²) in [6, 6.07) is 10.8. The van der Waals surface area contributed by atoms with E-state index in [1.807, 2.05) is 18.2 Å². The summed E-state index contributed by atoms with van der Waals surface area (Å²) in [7, 11) is 0. The maximum atomic E-state index is 8.77. The van der Waals surface area contributed by atoms with Crippen molar-refractivity contribution in [1.82, 2.24) is 5.32 Å². The molecular formula is C15H23N3O. The highest BCUT2D eigenvalue weighted by atomic mass is 16.4. The van der Waals surface area contributed by atoms with Crippen LogP contribution in [0, 0.1) is 5.92 Å². The van der Waals surface area contributed by atoms with Gasteiger partial charge in [0.15, 0.2) is 0 Å². The van der Waals surface area contributed by atoms with Crippen LogP contribution in [0.15, 0.2) is 35.5 Å². The molecule has 0 heterocycles. The van der Waals surface area contributed by atoms with Crippen LogP contribution in [0.2, 0.25) is 0 Å². The van der Waals surface area contributed by atoms with E-state index in [0.29, 0.717) is 12.5 Å². The van der Waals surface area contributed by atoms with Crippen molar-refractivity contribution < 1.29 is 5.21 Å². The second-order valence-electron chi connectivity index (χ2n) is 5.41. The van der Waals surface area contributed by atoms with Crippen LogP contribution in [0.3, 0.4) is 0 Å². The molecule has 0 aliphatic heterocycles. The summed E-state index contributed by atoms with van der Waals surface area (Å²) in [6.07, 6.45) is 4.48. The van der Waals surface area contributed by atoms with E-state index >= 15 is 0 Å². The van der Waals surface area contributed by atoms with Crippen molar-refractivity contribution in [2.75, 3.05) is 0 Å². The van der Waals surface area contributed by atoms with Crippen LogP contribution in [-0.4, -0.2) is 17.1 Å². The third-order valence-corrected chi connectivity index (χ3v) is 4.06. The topological polar surface area (TPSA) is 70.6 Å². The van der Waals surface area contributed by atoms with Crippen LogP contribution < -0.4 is 11.1 Å². The van der Waals surface area contributed by atoms with E-state index in [9.17, 15) is 0 Å². The van der Waals surface area contributed by atoms with Gasteiger partial charge in [-0.3, -0.25) is 0 Å². The van der Waals surface area contributed by atoms with E-state index in [-0.39, 0.29) is 11.9 Å². The maximum absolute atomic E-state index is 8.77. The molecule has 1 fully saturated rings. The minimum absolute atomic E-state index is 0.104. The van der Waals surface area contributed by atoms with Gasteiger partial charge in [0.05, 0.1) is 0 Å². The number of amidine groups is 1. The molecule has 4 nitrogen and oxygen atoms in total. The monoisotopic (exact) mass is 261 g/mol. The number of hydrogen-bond acceptors (Lipinski definition) is 3. The molecule has 2 atom stereocenters. The Labute approximate surface area is 114 Å². The third kappa shape index (κ3) is 3.70. The average Bonchev–Trinajstić information content (AvgIpc) is 2.36. The van der Waals surface area contributed by atoms with Crippen molar-refractivity contribution in [2.45, 2.75) is 44.7 Å². The number of oxime groups is 1. The molecule has 4 heteroatoms. The van der Waals surface area contributed by atoms with Crippen molar-refractivity contribution in [3.8, 4) is 0 Å². The number of nitrogens with zero attached hydrogens (tertiary/aromatic N) is 1. The van der Waals surface area contributed by atoms with E-state index in [0.717, 1.165) is 5.92 Å².